The Morgan fingerprint density at radius 2 is 2.33 bits per heavy atom. The van der Waals surface area contributed by atoms with Crippen LogP contribution in [0.5, 0.6) is 0 Å². The Balaban J connectivity index is 2.15. The van der Waals surface area contributed by atoms with E-state index in [1.54, 1.807) is 12.3 Å². The summed E-state index contributed by atoms with van der Waals surface area (Å²) in [5, 5.41) is 0. The minimum absolute atomic E-state index is 0.0142. The van der Waals surface area contributed by atoms with Crippen LogP contribution < -0.4 is 5.73 Å². The van der Waals surface area contributed by atoms with Crippen LogP contribution in [0, 0.1) is 0 Å². The fraction of sp³-hybridized carbons (Fsp3) is 0.500. The molecule has 1 saturated heterocycles. The second-order valence-corrected chi connectivity index (χ2v) is 5.60. The molecule has 1 fully saturated rings. The monoisotopic (exact) mass is 312 g/mol. The molecule has 0 radical (unpaired) electrons. The molecule has 98 valence electrons. The number of hydrogen-bond donors (Lipinski definition) is 1. The van der Waals surface area contributed by atoms with Gasteiger partial charge in [-0.1, -0.05) is 0 Å². The lowest BCUT2D eigenvalue weighted by molar-refractivity contribution is 0.0782. The lowest BCUT2D eigenvalue weighted by Crippen LogP contribution is -2.34. The Hall–Kier alpha value is -1.14. The molecule has 0 spiro atoms. The van der Waals surface area contributed by atoms with Gasteiger partial charge in [0.2, 0.25) is 0 Å². The highest BCUT2D eigenvalue weighted by molar-refractivity contribution is 9.10. The average Bonchev–Trinajstić information content (AvgIpc) is 2.81. The molecule has 18 heavy (non-hydrogen) atoms. The zero-order chi connectivity index (χ0) is 13.3. The fourth-order valence-electron chi connectivity index (χ4n) is 2.14. The Kier molecular flexibility index (Phi) is 3.87. The molecule has 0 bridgehead atoms. The molecule has 1 aliphatic rings. The molecule has 1 unspecified atom stereocenters. The number of likely N-dealkylation sites (tertiary alicyclic amines) is 1. The van der Waals surface area contributed by atoms with Gasteiger partial charge in [0.05, 0.1) is 5.56 Å². The summed E-state index contributed by atoms with van der Waals surface area (Å²) in [7, 11) is 4.08. The zero-order valence-electron chi connectivity index (χ0n) is 10.6. The largest absolute Gasteiger partial charge is 0.384 e. The van der Waals surface area contributed by atoms with Crippen molar-refractivity contribution < 1.29 is 4.79 Å². The second-order valence-electron chi connectivity index (χ2n) is 4.75. The Morgan fingerprint density at radius 3 is 2.94 bits per heavy atom. The molecule has 1 atom stereocenters. The number of carbonyl (C=O) groups is 1. The van der Waals surface area contributed by atoms with Crippen LogP contribution in [-0.2, 0) is 0 Å². The summed E-state index contributed by atoms with van der Waals surface area (Å²) in [6, 6.07) is 2.06. The third-order valence-corrected chi connectivity index (χ3v) is 3.92. The van der Waals surface area contributed by atoms with Crippen molar-refractivity contribution in [3.8, 4) is 0 Å². The van der Waals surface area contributed by atoms with E-state index in [1.807, 2.05) is 19.0 Å². The van der Waals surface area contributed by atoms with E-state index in [0.29, 0.717) is 21.9 Å². The Morgan fingerprint density at radius 1 is 1.61 bits per heavy atom. The van der Waals surface area contributed by atoms with Gasteiger partial charge in [-0.05, 0) is 42.5 Å². The molecule has 0 saturated carbocycles. The van der Waals surface area contributed by atoms with Crippen molar-refractivity contribution in [2.24, 2.45) is 0 Å². The number of amides is 1. The number of pyridine rings is 1. The van der Waals surface area contributed by atoms with Crippen molar-refractivity contribution in [3.05, 3.63) is 22.3 Å². The number of aromatic nitrogens is 1. The van der Waals surface area contributed by atoms with Crippen molar-refractivity contribution in [2.45, 2.75) is 12.5 Å². The Labute approximate surface area is 115 Å². The number of halogens is 1. The van der Waals surface area contributed by atoms with Gasteiger partial charge in [0.15, 0.2) is 0 Å². The van der Waals surface area contributed by atoms with Crippen molar-refractivity contribution in [2.75, 3.05) is 32.9 Å². The van der Waals surface area contributed by atoms with E-state index in [9.17, 15) is 4.79 Å². The van der Waals surface area contributed by atoms with E-state index in [-0.39, 0.29) is 5.91 Å². The second kappa shape index (κ2) is 5.24. The highest BCUT2D eigenvalue weighted by Crippen LogP contribution is 2.22. The molecule has 1 amide bonds. The standard InChI is InChI=1S/C12H17BrN4O/c1-16(2)8-3-4-17(7-8)12(18)9-5-11(14)15-6-10(9)13/h5-6,8H,3-4,7H2,1-2H3,(H2,14,15). The van der Waals surface area contributed by atoms with E-state index < -0.39 is 0 Å². The maximum atomic E-state index is 12.4. The number of nitrogen functional groups attached to an aromatic ring is 1. The maximum absolute atomic E-state index is 12.4. The first-order chi connectivity index (χ1) is 8.49. The van der Waals surface area contributed by atoms with Gasteiger partial charge in [0.25, 0.3) is 5.91 Å². The van der Waals surface area contributed by atoms with Crippen LogP contribution in [0.15, 0.2) is 16.7 Å². The van der Waals surface area contributed by atoms with Crippen LogP contribution >= 0.6 is 15.9 Å². The first-order valence-corrected chi connectivity index (χ1v) is 6.65. The first-order valence-electron chi connectivity index (χ1n) is 5.85. The summed E-state index contributed by atoms with van der Waals surface area (Å²) in [5.41, 5.74) is 6.21. The van der Waals surface area contributed by atoms with Crippen molar-refractivity contribution >= 4 is 27.7 Å². The number of rotatable bonds is 2. The molecule has 2 rings (SSSR count). The molecular weight excluding hydrogens is 296 g/mol. The Bertz CT molecular complexity index is 463. The van der Waals surface area contributed by atoms with Gasteiger partial charge in [-0.25, -0.2) is 4.98 Å². The molecule has 1 aliphatic heterocycles. The maximum Gasteiger partial charge on any atom is 0.255 e. The number of nitrogens with zero attached hydrogens (tertiary/aromatic N) is 3. The molecule has 0 aliphatic carbocycles. The fourth-order valence-corrected chi connectivity index (χ4v) is 2.52. The van der Waals surface area contributed by atoms with Gasteiger partial charge < -0.3 is 15.5 Å². The summed E-state index contributed by atoms with van der Waals surface area (Å²) in [4.78, 5) is 20.3. The molecule has 1 aromatic heterocycles. The predicted molar refractivity (Wildman–Crippen MR) is 74.3 cm³/mol. The quantitative estimate of drug-likeness (QED) is 0.891. The highest BCUT2D eigenvalue weighted by Gasteiger charge is 2.29. The van der Waals surface area contributed by atoms with Gasteiger partial charge in [0.1, 0.15) is 5.82 Å². The van der Waals surface area contributed by atoms with Crippen LogP contribution in [0.4, 0.5) is 5.82 Å². The third kappa shape index (κ3) is 2.64. The summed E-state index contributed by atoms with van der Waals surface area (Å²) in [5.74, 6) is 0.380. The molecule has 2 N–H and O–H groups in total. The van der Waals surface area contributed by atoms with Crippen LogP contribution in [-0.4, -0.2) is 53.9 Å². The number of anilines is 1. The van der Waals surface area contributed by atoms with E-state index in [2.05, 4.69) is 25.8 Å². The van der Waals surface area contributed by atoms with E-state index >= 15 is 0 Å². The molecule has 0 aromatic carbocycles. The summed E-state index contributed by atoms with van der Waals surface area (Å²) < 4.78 is 0.690. The van der Waals surface area contributed by atoms with Gasteiger partial charge in [-0.15, -0.1) is 0 Å². The lowest BCUT2D eigenvalue weighted by atomic mass is 10.2. The summed E-state index contributed by atoms with van der Waals surface area (Å²) in [6.45, 7) is 1.55. The number of hydrogen-bond acceptors (Lipinski definition) is 4. The zero-order valence-corrected chi connectivity index (χ0v) is 12.1. The molecule has 2 heterocycles. The number of likely N-dealkylation sites (N-methyl/N-ethyl adjacent to an activating group) is 1. The van der Waals surface area contributed by atoms with Crippen molar-refractivity contribution in [3.63, 3.8) is 0 Å². The minimum Gasteiger partial charge on any atom is -0.384 e. The third-order valence-electron chi connectivity index (χ3n) is 3.29. The van der Waals surface area contributed by atoms with Gasteiger partial charge in [-0.3, -0.25) is 4.79 Å². The smallest absolute Gasteiger partial charge is 0.255 e. The van der Waals surface area contributed by atoms with Gasteiger partial charge in [-0.2, -0.15) is 0 Å². The highest BCUT2D eigenvalue weighted by atomic mass is 79.9. The van der Waals surface area contributed by atoms with Gasteiger partial charge in [0, 0.05) is 29.8 Å². The van der Waals surface area contributed by atoms with Crippen molar-refractivity contribution in [1.29, 1.82) is 0 Å². The van der Waals surface area contributed by atoms with Crippen LogP contribution in [0.2, 0.25) is 0 Å². The predicted octanol–water partition coefficient (Wildman–Crippen LogP) is 1.20. The molecular formula is C12H17BrN4O. The van der Waals surface area contributed by atoms with Crippen LogP contribution in [0.1, 0.15) is 16.8 Å². The number of nitrogens with two attached hydrogens (primary N) is 1. The lowest BCUT2D eigenvalue weighted by Gasteiger charge is -2.20. The minimum atomic E-state index is 0.0142. The van der Waals surface area contributed by atoms with E-state index in [4.69, 9.17) is 5.73 Å². The number of carbonyl (C=O) groups excluding carboxylic acids is 1. The van der Waals surface area contributed by atoms with Gasteiger partial charge >= 0.3 is 0 Å². The molecule has 5 nitrogen and oxygen atoms in total. The topological polar surface area (TPSA) is 62.5 Å². The van der Waals surface area contributed by atoms with Crippen LogP contribution in [0.25, 0.3) is 0 Å². The normalized spacial score (nSPS) is 19.6. The average molecular weight is 313 g/mol. The first kappa shape index (κ1) is 13.3. The molecule has 6 heteroatoms. The SMILES string of the molecule is CN(C)C1CCN(C(=O)c2cc(N)ncc2Br)C1. The van der Waals surface area contributed by atoms with E-state index in [1.165, 1.54) is 0 Å². The van der Waals surface area contributed by atoms with E-state index in [0.717, 1.165) is 19.5 Å². The summed E-state index contributed by atoms with van der Waals surface area (Å²) >= 11 is 3.35. The van der Waals surface area contributed by atoms with Crippen molar-refractivity contribution in [1.82, 2.24) is 14.8 Å². The summed E-state index contributed by atoms with van der Waals surface area (Å²) in [6.07, 6.45) is 2.58. The molecule has 1 aromatic rings. The van der Waals surface area contributed by atoms with Crippen LogP contribution in [0.3, 0.4) is 0 Å².